The fraction of sp³-hybridized carbons (Fsp3) is 0.294. The average molecular weight is 237 g/mol. The van der Waals surface area contributed by atoms with Crippen molar-refractivity contribution in [1.82, 2.24) is 0 Å². The number of nitrogens with two attached hydrogens (primary N) is 1. The molecule has 0 fully saturated rings. The molecule has 2 unspecified atom stereocenters. The van der Waals surface area contributed by atoms with Crippen molar-refractivity contribution in [1.29, 1.82) is 0 Å². The van der Waals surface area contributed by atoms with Crippen LogP contribution in [0.2, 0.25) is 0 Å². The molecule has 0 saturated carbocycles. The minimum Gasteiger partial charge on any atom is -0.324 e. The number of rotatable bonds is 2. The highest BCUT2D eigenvalue weighted by molar-refractivity contribution is 5.33. The van der Waals surface area contributed by atoms with Crippen LogP contribution in [0.3, 0.4) is 0 Å². The molecular formula is C17H19N. The Kier molecular flexibility index (Phi) is 3.16. The van der Waals surface area contributed by atoms with Crippen LogP contribution < -0.4 is 5.73 Å². The summed E-state index contributed by atoms with van der Waals surface area (Å²) in [4.78, 5) is 0. The Labute approximate surface area is 109 Å². The highest BCUT2D eigenvalue weighted by Gasteiger charge is 2.24. The summed E-state index contributed by atoms with van der Waals surface area (Å²) in [5.41, 5.74) is 10.5. The third-order valence-corrected chi connectivity index (χ3v) is 3.92. The Morgan fingerprint density at radius 2 is 1.67 bits per heavy atom. The first-order chi connectivity index (χ1) is 8.83. The van der Waals surface area contributed by atoms with Crippen molar-refractivity contribution in [3.8, 4) is 0 Å². The van der Waals surface area contributed by atoms with Gasteiger partial charge in [0.1, 0.15) is 0 Å². The van der Waals surface area contributed by atoms with Gasteiger partial charge < -0.3 is 5.73 Å². The van der Waals surface area contributed by atoms with E-state index >= 15 is 0 Å². The van der Waals surface area contributed by atoms with Crippen molar-refractivity contribution in [3.63, 3.8) is 0 Å². The van der Waals surface area contributed by atoms with Gasteiger partial charge in [-0.3, -0.25) is 0 Å². The highest BCUT2D eigenvalue weighted by atomic mass is 14.6. The van der Waals surface area contributed by atoms with Gasteiger partial charge in [0.2, 0.25) is 0 Å². The fourth-order valence-electron chi connectivity index (χ4n) is 3.07. The van der Waals surface area contributed by atoms with Crippen LogP contribution in [-0.4, -0.2) is 0 Å². The molecule has 1 nitrogen and oxygen atoms in total. The summed E-state index contributed by atoms with van der Waals surface area (Å²) >= 11 is 0. The van der Waals surface area contributed by atoms with Gasteiger partial charge in [-0.2, -0.15) is 0 Å². The molecule has 92 valence electrons. The second kappa shape index (κ2) is 4.95. The van der Waals surface area contributed by atoms with Crippen LogP contribution in [0.25, 0.3) is 0 Å². The standard InChI is InChI=1S/C17H19N/c18-17-12-14(10-13-6-2-1-3-7-13)11-15-8-4-5-9-16(15)17/h1-9,14,17H,10-12,18H2. The van der Waals surface area contributed by atoms with E-state index in [1.807, 2.05) is 0 Å². The van der Waals surface area contributed by atoms with E-state index in [1.165, 1.54) is 23.1 Å². The van der Waals surface area contributed by atoms with Crippen molar-refractivity contribution >= 4 is 0 Å². The third-order valence-electron chi connectivity index (χ3n) is 3.92. The van der Waals surface area contributed by atoms with Gasteiger partial charge in [0.05, 0.1) is 0 Å². The van der Waals surface area contributed by atoms with E-state index in [2.05, 4.69) is 54.6 Å². The second-order valence-corrected chi connectivity index (χ2v) is 5.30. The minimum atomic E-state index is 0.212. The topological polar surface area (TPSA) is 26.0 Å². The normalized spacial score (nSPS) is 22.5. The van der Waals surface area contributed by atoms with E-state index in [-0.39, 0.29) is 6.04 Å². The summed E-state index contributed by atoms with van der Waals surface area (Å²) in [7, 11) is 0. The fourth-order valence-corrected chi connectivity index (χ4v) is 3.07. The van der Waals surface area contributed by atoms with E-state index in [0.717, 1.165) is 12.8 Å². The molecule has 1 heteroatoms. The molecule has 2 atom stereocenters. The van der Waals surface area contributed by atoms with Crippen LogP contribution >= 0.6 is 0 Å². The molecule has 2 N–H and O–H groups in total. The predicted octanol–water partition coefficient (Wildman–Crippen LogP) is 3.49. The lowest BCUT2D eigenvalue weighted by atomic mass is 9.78. The number of fused-ring (bicyclic) bond motifs is 1. The Morgan fingerprint density at radius 3 is 2.50 bits per heavy atom. The molecule has 1 aliphatic rings. The van der Waals surface area contributed by atoms with E-state index in [9.17, 15) is 0 Å². The molecule has 0 heterocycles. The van der Waals surface area contributed by atoms with Gasteiger partial charge in [0.15, 0.2) is 0 Å². The van der Waals surface area contributed by atoms with E-state index < -0.39 is 0 Å². The molecule has 3 rings (SSSR count). The maximum absolute atomic E-state index is 6.29. The van der Waals surface area contributed by atoms with E-state index in [1.54, 1.807) is 0 Å². The number of hydrogen-bond donors (Lipinski definition) is 1. The summed E-state index contributed by atoms with van der Waals surface area (Å²) in [6.45, 7) is 0. The van der Waals surface area contributed by atoms with Crippen molar-refractivity contribution < 1.29 is 0 Å². The van der Waals surface area contributed by atoms with Crippen LogP contribution in [0.5, 0.6) is 0 Å². The van der Waals surface area contributed by atoms with E-state index in [0.29, 0.717) is 5.92 Å². The molecule has 18 heavy (non-hydrogen) atoms. The zero-order chi connectivity index (χ0) is 12.4. The smallest absolute Gasteiger partial charge is 0.0300 e. The number of benzene rings is 2. The molecule has 0 aromatic heterocycles. The molecule has 2 aromatic rings. The zero-order valence-electron chi connectivity index (χ0n) is 10.5. The molecular weight excluding hydrogens is 218 g/mol. The lowest BCUT2D eigenvalue weighted by Gasteiger charge is -2.29. The van der Waals surface area contributed by atoms with Gasteiger partial charge in [-0.1, -0.05) is 54.6 Å². The third kappa shape index (κ3) is 2.32. The van der Waals surface area contributed by atoms with Gasteiger partial charge in [-0.15, -0.1) is 0 Å². The number of hydrogen-bond acceptors (Lipinski definition) is 1. The molecule has 0 saturated heterocycles. The van der Waals surface area contributed by atoms with Crippen LogP contribution in [0.1, 0.15) is 29.2 Å². The first kappa shape index (κ1) is 11.5. The Hall–Kier alpha value is -1.60. The minimum absolute atomic E-state index is 0.212. The van der Waals surface area contributed by atoms with Gasteiger partial charge >= 0.3 is 0 Å². The monoisotopic (exact) mass is 237 g/mol. The summed E-state index contributed by atoms with van der Waals surface area (Å²) in [5, 5.41) is 0. The maximum atomic E-state index is 6.29. The lowest BCUT2D eigenvalue weighted by Crippen LogP contribution is -2.25. The van der Waals surface area contributed by atoms with Crippen LogP contribution in [0.4, 0.5) is 0 Å². The summed E-state index contributed by atoms with van der Waals surface area (Å²) in [5.74, 6) is 0.678. The molecule has 2 aromatic carbocycles. The quantitative estimate of drug-likeness (QED) is 0.850. The second-order valence-electron chi connectivity index (χ2n) is 5.30. The zero-order valence-corrected chi connectivity index (χ0v) is 10.5. The summed E-state index contributed by atoms with van der Waals surface area (Å²) in [6.07, 6.45) is 3.41. The van der Waals surface area contributed by atoms with Gasteiger partial charge in [-0.25, -0.2) is 0 Å². The molecule has 0 spiro atoms. The molecule has 0 bridgehead atoms. The van der Waals surface area contributed by atoms with Crippen molar-refractivity contribution in [2.24, 2.45) is 11.7 Å². The average Bonchev–Trinajstić information content (AvgIpc) is 2.40. The largest absolute Gasteiger partial charge is 0.324 e. The predicted molar refractivity (Wildman–Crippen MR) is 75.3 cm³/mol. The SMILES string of the molecule is NC1CC(Cc2ccccc2)Cc2ccccc21. The van der Waals surface area contributed by atoms with Crippen LogP contribution in [0, 0.1) is 5.92 Å². The Bertz CT molecular complexity index is 518. The molecule has 0 aliphatic heterocycles. The van der Waals surface area contributed by atoms with Crippen molar-refractivity contribution in [2.45, 2.75) is 25.3 Å². The molecule has 0 radical (unpaired) electrons. The first-order valence-corrected chi connectivity index (χ1v) is 6.70. The summed E-state index contributed by atoms with van der Waals surface area (Å²) in [6, 6.07) is 19.6. The van der Waals surface area contributed by atoms with Crippen LogP contribution in [0.15, 0.2) is 54.6 Å². The Morgan fingerprint density at radius 1 is 0.944 bits per heavy atom. The molecule has 0 amide bonds. The lowest BCUT2D eigenvalue weighted by molar-refractivity contribution is 0.405. The van der Waals surface area contributed by atoms with Gasteiger partial charge in [0, 0.05) is 6.04 Å². The van der Waals surface area contributed by atoms with Gasteiger partial charge in [-0.05, 0) is 41.9 Å². The Balaban J connectivity index is 1.78. The van der Waals surface area contributed by atoms with Crippen LogP contribution in [-0.2, 0) is 12.8 Å². The summed E-state index contributed by atoms with van der Waals surface area (Å²) < 4.78 is 0. The first-order valence-electron chi connectivity index (χ1n) is 6.70. The maximum Gasteiger partial charge on any atom is 0.0300 e. The van der Waals surface area contributed by atoms with E-state index in [4.69, 9.17) is 5.73 Å². The van der Waals surface area contributed by atoms with Crippen molar-refractivity contribution in [2.75, 3.05) is 0 Å². The highest BCUT2D eigenvalue weighted by Crippen LogP contribution is 2.33. The van der Waals surface area contributed by atoms with Gasteiger partial charge in [0.25, 0.3) is 0 Å². The molecule has 1 aliphatic carbocycles. The van der Waals surface area contributed by atoms with Crippen molar-refractivity contribution in [3.05, 3.63) is 71.3 Å².